The summed E-state index contributed by atoms with van der Waals surface area (Å²) in [6, 6.07) is 4.37. The average molecular weight is 249 g/mol. The van der Waals surface area contributed by atoms with Gasteiger partial charge >= 0.3 is 0 Å². The fraction of sp³-hybridized carbons (Fsp3) is 0.500. The molecule has 17 heavy (non-hydrogen) atoms. The summed E-state index contributed by atoms with van der Waals surface area (Å²) in [5.41, 5.74) is 0. The van der Waals surface area contributed by atoms with Crippen LogP contribution in [0.3, 0.4) is 0 Å². The summed E-state index contributed by atoms with van der Waals surface area (Å²) in [6.07, 6.45) is 8.43. The van der Waals surface area contributed by atoms with Crippen molar-refractivity contribution < 1.29 is 4.79 Å². The summed E-state index contributed by atoms with van der Waals surface area (Å²) >= 11 is 1.64. The van der Waals surface area contributed by atoms with E-state index in [9.17, 15) is 4.79 Å². The van der Waals surface area contributed by atoms with Crippen LogP contribution < -0.4 is 5.32 Å². The van der Waals surface area contributed by atoms with Gasteiger partial charge < -0.3 is 5.32 Å². The Hall–Kier alpha value is -1.09. The first kappa shape index (κ1) is 12.4. The van der Waals surface area contributed by atoms with Crippen LogP contribution in [0.2, 0.25) is 0 Å². The number of rotatable bonds is 3. The molecule has 1 fully saturated rings. The van der Waals surface area contributed by atoms with E-state index in [1.54, 1.807) is 17.4 Å². The van der Waals surface area contributed by atoms with Crippen molar-refractivity contribution in [2.75, 3.05) is 0 Å². The quantitative estimate of drug-likeness (QED) is 0.817. The molecule has 92 valence electrons. The molecule has 0 aromatic carbocycles. The highest BCUT2D eigenvalue weighted by molar-refractivity contribution is 7.10. The summed E-state index contributed by atoms with van der Waals surface area (Å²) in [5.74, 6) is 0.653. The van der Waals surface area contributed by atoms with E-state index in [0.29, 0.717) is 12.0 Å². The van der Waals surface area contributed by atoms with Gasteiger partial charge in [-0.05, 0) is 36.3 Å². The third kappa shape index (κ3) is 3.70. The van der Waals surface area contributed by atoms with Gasteiger partial charge in [0.1, 0.15) is 0 Å². The molecule has 0 saturated heterocycles. The normalized spacial score (nSPS) is 25.0. The van der Waals surface area contributed by atoms with Crippen molar-refractivity contribution in [3.63, 3.8) is 0 Å². The van der Waals surface area contributed by atoms with Crippen LogP contribution in [0.1, 0.15) is 37.5 Å². The number of thiophene rings is 1. The fourth-order valence-corrected chi connectivity index (χ4v) is 2.92. The zero-order chi connectivity index (χ0) is 12.1. The first-order chi connectivity index (χ1) is 8.25. The van der Waals surface area contributed by atoms with Crippen molar-refractivity contribution in [3.05, 3.63) is 28.5 Å². The summed E-state index contributed by atoms with van der Waals surface area (Å²) in [6.45, 7) is 2.23. The Morgan fingerprint density at radius 3 is 3.00 bits per heavy atom. The lowest BCUT2D eigenvalue weighted by atomic mass is 9.86. The Balaban J connectivity index is 1.84. The van der Waals surface area contributed by atoms with E-state index in [0.717, 1.165) is 11.3 Å². The van der Waals surface area contributed by atoms with Crippen LogP contribution in [0.25, 0.3) is 6.08 Å². The second kappa shape index (κ2) is 6.01. The van der Waals surface area contributed by atoms with Gasteiger partial charge in [-0.1, -0.05) is 25.8 Å². The van der Waals surface area contributed by atoms with E-state index in [-0.39, 0.29) is 5.91 Å². The molecule has 1 N–H and O–H groups in total. The molecule has 1 amide bonds. The number of carbonyl (C=O) groups excluding carboxylic acids is 1. The SMILES string of the molecule is CC1CCCCC1NC(=O)/C=C/c1cccs1. The largest absolute Gasteiger partial charge is 0.350 e. The summed E-state index contributed by atoms with van der Waals surface area (Å²) < 4.78 is 0. The number of hydrogen-bond donors (Lipinski definition) is 1. The van der Waals surface area contributed by atoms with Gasteiger partial charge in [-0.3, -0.25) is 4.79 Å². The molecule has 1 aliphatic rings. The van der Waals surface area contributed by atoms with E-state index >= 15 is 0 Å². The van der Waals surface area contributed by atoms with E-state index in [4.69, 9.17) is 0 Å². The third-order valence-corrected chi connectivity index (χ3v) is 4.22. The molecule has 0 bridgehead atoms. The van der Waals surface area contributed by atoms with Crippen molar-refractivity contribution in [1.29, 1.82) is 0 Å². The Labute approximate surface area is 107 Å². The minimum atomic E-state index is 0.0390. The van der Waals surface area contributed by atoms with Gasteiger partial charge in [0, 0.05) is 17.0 Å². The van der Waals surface area contributed by atoms with Gasteiger partial charge in [0.15, 0.2) is 0 Å². The molecule has 2 nitrogen and oxygen atoms in total. The van der Waals surface area contributed by atoms with Gasteiger partial charge in [-0.2, -0.15) is 0 Å². The Morgan fingerprint density at radius 1 is 1.47 bits per heavy atom. The number of amides is 1. The monoisotopic (exact) mass is 249 g/mol. The second-order valence-electron chi connectivity index (χ2n) is 4.73. The molecule has 1 aromatic heterocycles. The third-order valence-electron chi connectivity index (χ3n) is 3.38. The van der Waals surface area contributed by atoms with Gasteiger partial charge in [-0.15, -0.1) is 11.3 Å². The zero-order valence-corrected chi connectivity index (χ0v) is 11.0. The van der Waals surface area contributed by atoms with Crippen molar-refractivity contribution >= 4 is 23.3 Å². The molecule has 1 saturated carbocycles. The number of hydrogen-bond acceptors (Lipinski definition) is 2. The molecule has 2 unspecified atom stereocenters. The Kier molecular flexibility index (Phi) is 4.37. The molecular formula is C14H19NOS. The maximum absolute atomic E-state index is 11.8. The maximum Gasteiger partial charge on any atom is 0.244 e. The lowest BCUT2D eigenvalue weighted by Gasteiger charge is -2.29. The predicted molar refractivity (Wildman–Crippen MR) is 72.9 cm³/mol. The van der Waals surface area contributed by atoms with Gasteiger partial charge in [0.25, 0.3) is 0 Å². The van der Waals surface area contributed by atoms with Crippen LogP contribution in [0.15, 0.2) is 23.6 Å². The lowest BCUT2D eigenvalue weighted by Crippen LogP contribution is -2.40. The number of carbonyl (C=O) groups is 1. The molecule has 0 spiro atoms. The van der Waals surface area contributed by atoms with Crippen LogP contribution in [0.5, 0.6) is 0 Å². The molecule has 1 aliphatic carbocycles. The summed E-state index contributed by atoms with van der Waals surface area (Å²) in [5, 5.41) is 5.12. The van der Waals surface area contributed by atoms with Crippen molar-refractivity contribution in [2.45, 2.75) is 38.6 Å². The van der Waals surface area contributed by atoms with Crippen LogP contribution in [0.4, 0.5) is 0 Å². The fourth-order valence-electron chi connectivity index (χ4n) is 2.31. The molecular weight excluding hydrogens is 230 g/mol. The van der Waals surface area contributed by atoms with Gasteiger partial charge in [-0.25, -0.2) is 0 Å². The van der Waals surface area contributed by atoms with Crippen LogP contribution in [-0.4, -0.2) is 11.9 Å². The predicted octanol–water partition coefficient (Wildman–Crippen LogP) is 3.46. The topological polar surface area (TPSA) is 29.1 Å². The molecule has 0 aliphatic heterocycles. The van der Waals surface area contributed by atoms with Crippen molar-refractivity contribution in [2.24, 2.45) is 5.92 Å². The molecule has 3 heteroatoms. The second-order valence-corrected chi connectivity index (χ2v) is 5.70. The van der Waals surface area contributed by atoms with E-state index in [1.165, 1.54) is 19.3 Å². The minimum Gasteiger partial charge on any atom is -0.350 e. The van der Waals surface area contributed by atoms with Crippen molar-refractivity contribution in [1.82, 2.24) is 5.32 Å². The van der Waals surface area contributed by atoms with Crippen LogP contribution in [-0.2, 0) is 4.79 Å². The lowest BCUT2D eigenvalue weighted by molar-refractivity contribution is -0.117. The average Bonchev–Trinajstić information content (AvgIpc) is 2.82. The molecule has 0 radical (unpaired) electrons. The van der Waals surface area contributed by atoms with Gasteiger partial charge in [0.2, 0.25) is 5.91 Å². The summed E-state index contributed by atoms with van der Waals surface area (Å²) in [7, 11) is 0. The van der Waals surface area contributed by atoms with Crippen LogP contribution in [0, 0.1) is 5.92 Å². The molecule has 2 atom stereocenters. The highest BCUT2D eigenvalue weighted by atomic mass is 32.1. The first-order valence-electron chi connectivity index (χ1n) is 6.28. The first-order valence-corrected chi connectivity index (χ1v) is 7.16. The number of nitrogens with one attached hydrogen (secondary N) is 1. The standard InChI is InChI=1S/C14H19NOS/c1-11-5-2-3-7-13(11)15-14(16)9-8-12-6-4-10-17-12/h4,6,8-11,13H,2-3,5,7H2,1H3,(H,15,16)/b9-8+. The Bertz CT molecular complexity index is 383. The molecule has 2 rings (SSSR count). The van der Waals surface area contributed by atoms with E-state index in [2.05, 4.69) is 12.2 Å². The molecule has 1 aromatic rings. The van der Waals surface area contributed by atoms with Gasteiger partial charge in [0.05, 0.1) is 0 Å². The minimum absolute atomic E-state index is 0.0390. The smallest absolute Gasteiger partial charge is 0.244 e. The van der Waals surface area contributed by atoms with Crippen molar-refractivity contribution in [3.8, 4) is 0 Å². The van der Waals surface area contributed by atoms with E-state index in [1.807, 2.05) is 23.6 Å². The zero-order valence-electron chi connectivity index (χ0n) is 10.2. The molecule has 1 heterocycles. The van der Waals surface area contributed by atoms with Crippen LogP contribution >= 0.6 is 11.3 Å². The maximum atomic E-state index is 11.8. The highest BCUT2D eigenvalue weighted by Crippen LogP contribution is 2.23. The van der Waals surface area contributed by atoms with E-state index < -0.39 is 0 Å². The summed E-state index contributed by atoms with van der Waals surface area (Å²) in [4.78, 5) is 12.9. The Morgan fingerprint density at radius 2 is 2.29 bits per heavy atom. The highest BCUT2D eigenvalue weighted by Gasteiger charge is 2.21.